The van der Waals surface area contributed by atoms with E-state index in [1.54, 1.807) is 24.4 Å². The Labute approximate surface area is 239 Å². The molecule has 6 rings (SSSR count). The average molecular weight is 596 g/mol. The fourth-order valence-electron chi connectivity index (χ4n) is 4.59. The number of nitrogens with zero attached hydrogens (tertiary/aromatic N) is 9. The zero-order valence-corrected chi connectivity index (χ0v) is 22.0. The third-order valence-corrected chi connectivity index (χ3v) is 6.90. The van der Waals surface area contributed by atoms with Crippen LogP contribution in [0.3, 0.4) is 0 Å². The Morgan fingerprint density at radius 1 is 0.952 bits per heavy atom. The standard InChI is InChI=1S/C27H18ClF4N9O/c28-20-6-8-23(40-15-33-36-37-40)25(26(20)30)17-3-7-22(41(42)14-17)24(11-16-1-4-19(29)5-2-16)39-13-18(12-34-39)21-9-10-38(35-21)27(31)32/h1-10,12-15,24,27H,11H2/t24-/m1/s1. The van der Waals surface area contributed by atoms with Crippen LogP contribution in [0.4, 0.5) is 17.6 Å². The van der Waals surface area contributed by atoms with Gasteiger partial charge >= 0.3 is 6.55 Å². The first-order valence-electron chi connectivity index (χ1n) is 12.4. The number of halogens is 5. The molecule has 0 N–H and O–H groups in total. The van der Waals surface area contributed by atoms with Gasteiger partial charge in [0.1, 0.15) is 18.2 Å². The van der Waals surface area contributed by atoms with Crippen molar-refractivity contribution < 1.29 is 22.3 Å². The van der Waals surface area contributed by atoms with Crippen LogP contribution >= 0.6 is 11.6 Å². The highest BCUT2D eigenvalue weighted by atomic mass is 35.5. The van der Waals surface area contributed by atoms with Crippen molar-refractivity contribution in [3.8, 4) is 28.1 Å². The van der Waals surface area contributed by atoms with Gasteiger partial charge < -0.3 is 5.21 Å². The first-order chi connectivity index (χ1) is 20.3. The molecule has 0 amide bonds. The van der Waals surface area contributed by atoms with Crippen molar-refractivity contribution in [1.82, 2.24) is 39.8 Å². The minimum absolute atomic E-state index is 0.0111. The molecule has 0 bridgehead atoms. The van der Waals surface area contributed by atoms with Crippen LogP contribution in [0.15, 0.2) is 85.7 Å². The van der Waals surface area contributed by atoms with Gasteiger partial charge in [-0.05, 0) is 52.4 Å². The molecule has 0 aliphatic heterocycles. The lowest BCUT2D eigenvalue weighted by Crippen LogP contribution is -2.36. The van der Waals surface area contributed by atoms with Crippen LogP contribution < -0.4 is 4.73 Å². The average Bonchev–Trinajstić information content (AvgIpc) is 3.76. The summed E-state index contributed by atoms with van der Waals surface area (Å²) in [5.41, 5.74) is 2.11. The van der Waals surface area contributed by atoms with E-state index in [9.17, 15) is 18.4 Å². The highest BCUT2D eigenvalue weighted by Gasteiger charge is 2.26. The fourth-order valence-corrected chi connectivity index (χ4v) is 4.75. The molecule has 0 fully saturated rings. The van der Waals surface area contributed by atoms with Crippen molar-refractivity contribution in [3.63, 3.8) is 0 Å². The SMILES string of the molecule is [O-][n+]1cc(-c2c(-n3cnnn3)ccc(Cl)c2F)ccc1[C@@H](Cc1ccc(F)cc1)n1cc(-c2ccn(C(F)F)n2)cn1. The van der Waals surface area contributed by atoms with Gasteiger partial charge in [-0.2, -0.15) is 28.4 Å². The number of benzene rings is 2. The summed E-state index contributed by atoms with van der Waals surface area (Å²) in [5.74, 6) is -1.18. The first-order valence-corrected chi connectivity index (χ1v) is 12.7. The van der Waals surface area contributed by atoms with Crippen LogP contribution in [0, 0.1) is 16.8 Å². The Balaban J connectivity index is 1.42. The van der Waals surface area contributed by atoms with E-state index >= 15 is 4.39 Å². The van der Waals surface area contributed by atoms with Crippen molar-refractivity contribution in [2.24, 2.45) is 0 Å². The van der Waals surface area contributed by atoms with Gasteiger partial charge in [-0.3, -0.25) is 4.68 Å². The van der Waals surface area contributed by atoms with Gasteiger partial charge in [-0.25, -0.2) is 13.5 Å². The van der Waals surface area contributed by atoms with Gasteiger partial charge in [0.05, 0.1) is 33.7 Å². The number of hydrogen-bond acceptors (Lipinski definition) is 6. The second-order valence-corrected chi connectivity index (χ2v) is 9.60. The van der Waals surface area contributed by atoms with Gasteiger partial charge in [0.2, 0.25) is 5.69 Å². The normalized spacial score (nSPS) is 12.2. The number of pyridine rings is 1. The molecule has 2 aromatic carbocycles. The number of hydrogen-bond donors (Lipinski definition) is 0. The largest absolute Gasteiger partial charge is 0.618 e. The van der Waals surface area contributed by atoms with Crippen molar-refractivity contribution >= 4 is 11.6 Å². The summed E-state index contributed by atoms with van der Waals surface area (Å²) in [4.78, 5) is 0. The van der Waals surface area contributed by atoms with Gasteiger partial charge in [-0.15, -0.1) is 5.10 Å². The van der Waals surface area contributed by atoms with E-state index in [4.69, 9.17) is 11.6 Å². The third-order valence-electron chi connectivity index (χ3n) is 6.61. The Kier molecular flexibility index (Phi) is 7.12. The molecule has 4 aromatic heterocycles. The van der Waals surface area contributed by atoms with E-state index in [-0.39, 0.29) is 39.6 Å². The lowest BCUT2D eigenvalue weighted by molar-refractivity contribution is -0.615. The molecule has 6 aromatic rings. The number of tetrazole rings is 1. The van der Waals surface area contributed by atoms with Gasteiger partial charge in [0, 0.05) is 30.4 Å². The Hall–Kier alpha value is -5.11. The van der Waals surface area contributed by atoms with Crippen molar-refractivity contribution in [2.75, 3.05) is 0 Å². The summed E-state index contributed by atoms with van der Waals surface area (Å²) < 4.78 is 58.8. The van der Waals surface area contributed by atoms with E-state index in [1.807, 2.05) is 0 Å². The number of rotatable bonds is 8. The lowest BCUT2D eigenvalue weighted by atomic mass is 10.00. The van der Waals surface area contributed by atoms with E-state index in [2.05, 4.69) is 25.7 Å². The molecule has 4 heterocycles. The van der Waals surface area contributed by atoms with Gasteiger partial charge in [0.15, 0.2) is 12.0 Å². The minimum Gasteiger partial charge on any atom is -0.618 e. The maximum absolute atomic E-state index is 15.3. The Morgan fingerprint density at radius 3 is 2.45 bits per heavy atom. The quantitative estimate of drug-likeness (QED) is 0.136. The lowest BCUT2D eigenvalue weighted by Gasteiger charge is -2.18. The van der Waals surface area contributed by atoms with Crippen molar-refractivity contribution in [2.45, 2.75) is 19.0 Å². The molecule has 15 heteroatoms. The second kappa shape index (κ2) is 11.0. The Morgan fingerprint density at radius 2 is 1.76 bits per heavy atom. The molecule has 1 atom stereocenters. The zero-order chi connectivity index (χ0) is 29.4. The van der Waals surface area contributed by atoms with E-state index in [0.29, 0.717) is 20.5 Å². The van der Waals surface area contributed by atoms with Crippen LogP contribution in [0.1, 0.15) is 23.8 Å². The molecule has 0 radical (unpaired) electrons. The monoisotopic (exact) mass is 595 g/mol. The summed E-state index contributed by atoms with van der Waals surface area (Å²) in [6, 6.07) is 12.4. The topological polar surface area (TPSA) is 106 Å². The summed E-state index contributed by atoms with van der Waals surface area (Å²) in [5, 5.41) is 32.6. The molecule has 10 nitrogen and oxygen atoms in total. The molecule has 212 valence electrons. The smallest absolute Gasteiger partial charge is 0.333 e. The van der Waals surface area contributed by atoms with Crippen LogP contribution in [0.5, 0.6) is 0 Å². The predicted octanol–water partition coefficient (Wildman–Crippen LogP) is 5.18. The van der Waals surface area contributed by atoms with Crippen LogP contribution in [-0.4, -0.2) is 39.8 Å². The fraction of sp³-hybridized carbons (Fsp3) is 0.111. The maximum atomic E-state index is 15.3. The molecule has 0 spiro atoms. The predicted molar refractivity (Wildman–Crippen MR) is 141 cm³/mol. The molecule has 0 aliphatic rings. The molecule has 42 heavy (non-hydrogen) atoms. The Bertz CT molecular complexity index is 1860. The van der Waals surface area contributed by atoms with Gasteiger partial charge in [0.25, 0.3) is 0 Å². The highest BCUT2D eigenvalue weighted by Crippen LogP contribution is 2.34. The summed E-state index contributed by atoms with van der Waals surface area (Å²) in [6.07, 6.45) is 6.87. The number of aromatic nitrogens is 9. The van der Waals surface area contributed by atoms with Crippen LogP contribution in [-0.2, 0) is 6.42 Å². The molecule has 0 saturated heterocycles. The second-order valence-electron chi connectivity index (χ2n) is 9.19. The minimum atomic E-state index is -2.80. The zero-order valence-electron chi connectivity index (χ0n) is 21.3. The first kappa shape index (κ1) is 27.1. The van der Waals surface area contributed by atoms with Crippen LogP contribution in [0.2, 0.25) is 5.02 Å². The van der Waals surface area contributed by atoms with Crippen molar-refractivity contribution in [1.29, 1.82) is 0 Å². The summed E-state index contributed by atoms with van der Waals surface area (Å²) >= 11 is 6.06. The molecular weight excluding hydrogens is 578 g/mol. The summed E-state index contributed by atoms with van der Waals surface area (Å²) in [6.45, 7) is -2.80. The molecular formula is C27H18ClF4N9O. The van der Waals surface area contributed by atoms with E-state index in [0.717, 1.165) is 6.20 Å². The van der Waals surface area contributed by atoms with Crippen LogP contribution in [0.25, 0.3) is 28.1 Å². The third kappa shape index (κ3) is 5.19. The van der Waals surface area contributed by atoms with Gasteiger partial charge in [-0.1, -0.05) is 23.7 Å². The van der Waals surface area contributed by atoms with E-state index in [1.165, 1.54) is 64.5 Å². The maximum Gasteiger partial charge on any atom is 0.333 e. The van der Waals surface area contributed by atoms with E-state index < -0.39 is 24.2 Å². The highest BCUT2D eigenvalue weighted by molar-refractivity contribution is 6.31. The molecule has 0 aliphatic carbocycles. The molecule has 0 unspecified atom stereocenters. The molecule has 0 saturated carbocycles. The summed E-state index contributed by atoms with van der Waals surface area (Å²) in [7, 11) is 0. The van der Waals surface area contributed by atoms with Crippen molar-refractivity contribution in [3.05, 3.63) is 119 Å². The number of alkyl halides is 2.